The number of hydrazine groups is 1. The number of nitrogen functional groups attached to an aromatic ring is 1. The summed E-state index contributed by atoms with van der Waals surface area (Å²) in [6.45, 7) is 4.58. The largest absolute Gasteiger partial charge is 0.416 e. The number of rotatable bonds is 5. The van der Waals surface area contributed by atoms with E-state index in [1.54, 1.807) is 0 Å². The number of hydrogen-bond acceptors (Lipinski definition) is 4. The van der Waals surface area contributed by atoms with Crippen molar-refractivity contribution in [2.45, 2.75) is 26.4 Å². The zero-order valence-electron chi connectivity index (χ0n) is 10.3. The van der Waals surface area contributed by atoms with Gasteiger partial charge in [-0.15, -0.1) is 0 Å². The van der Waals surface area contributed by atoms with Gasteiger partial charge in [-0.25, -0.2) is 10.8 Å². The van der Waals surface area contributed by atoms with Crippen LogP contribution in [-0.2, 0) is 6.18 Å². The number of nitrogens with two attached hydrogens (primary N) is 1. The maximum Gasteiger partial charge on any atom is 0.416 e. The Kier molecular flexibility index (Phi) is 4.77. The third kappa shape index (κ3) is 4.06. The summed E-state index contributed by atoms with van der Waals surface area (Å²) in [6.07, 6.45) is -3.48. The number of aromatic nitrogens is 1. The van der Waals surface area contributed by atoms with Gasteiger partial charge in [0.2, 0.25) is 0 Å². The van der Waals surface area contributed by atoms with E-state index in [2.05, 4.69) is 15.7 Å². The average Bonchev–Trinajstić information content (AvgIpc) is 2.34. The summed E-state index contributed by atoms with van der Waals surface area (Å²) in [6, 6.07) is 1.84. The lowest BCUT2D eigenvalue weighted by molar-refractivity contribution is -0.137. The number of alkyl halides is 3. The van der Waals surface area contributed by atoms with E-state index < -0.39 is 11.7 Å². The average molecular weight is 262 g/mol. The van der Waals surface area contributed by atoms with Gasteiger partial charge >= 0.3 is 6.18 Å². The Bertz CT molecular complexity index is 392. The Hall–Kier alpha value is -1.50. The maximum atomic E-state index is 12.6. The van der Waals surface area contributed by atoms with Crippen LogP contribution in [0.5, 0.6) is 0 Å². The number of nitrogens with one attached hydrogen (secondary N) is 2. The summed E-state index contributed by atoms with van der Waals surface area (Å²) in [5.74, 6) is 5.61. The molecule has 0 saturated heterocycles. The Morgan fingerprint density at radius 2 is 1.94 bits per heavy atom. The van der Waals surface area contributed by atoms with Crippen LogP contribution >= 0.6 is 0 Å². The molecule has 18 heavy (non-hydrogen) atoms. The van der Waals surface area contributed by atoms with Crippen molar-refractivity contribution in [3.63, 3.8) is 0 Å². The van der Waals surface area contributed by atoms with Crippen molar-refractivity contribution in [1.29, 1.82) is 0 Å². The lowest BCUT2D eigenvalue weighted by Crippen LogP contribution is -2.16. The molecule has 1 aromatic rings. The molecule has 0 aromatic carbocycles. The predicted molar refractivity (Wildman–Crippen MR) is 65.0 cm³/mol. The highest BCUT2D eigenvalue weighted by atomic mass is 19.4. The molecule has 0 bridgehead atoms. The molecular weight excluding hydrogens is 245 g/mol. The van der Waals surface area contributed by atoms with Crippen LogP contribution in [0.15, 0.2) is 12.1 Å². The fraction of sp³-hybridized carbons (Fsp3) is 0.545. The molecule has 1 atom stereocenters. The van der Waals surface area contributed by atoms with Crippen LogP contribution in [0.4, 0.5) is 24.8 Å². The zero-order chi connectivity index (χ0) is 13.8. The number of anilines is 2. The molecule has 1 rings (SSSR count). The molecule has 0 fully saturated rings. The Balaban J connectivity index is 2.91. The highest BCUT2D eigenvalue weighted by Crippen LogP contribution is 2.31. The SMILES string of the molecule is CCC(C)CNc1cc(C(F)(F)F)cc(NN)n1. The van der Waals surface area contributed by atoms with E-state index in [4.69, 9.17) is 5.84 Å². The van der Waals surface area contributed by atoms with Crippen LogP contribution in [0.3, 0.4) is 0 Å². The van der Waals surface area contributed by atoms with Gasteiger partial charge in [0.05, 0.1) is 5.56 Å². The van der Waals surface area contributed by atoms with Crippen LogP contribution < -0.4 is 16.6 Å². The first-order valence-electron chi connectivity index (χ1n) is 5.66. The first-order chi connectivity index (χ1) is 8.36. The molecule has 0 aliphatic carbocycles. The van der Waals surface area contributed by atoms with E-state index in [9.17, 15) is 13.2 Å². The summed E-state index contributed by atoms with van der Waals surface area (Å²) in [5.41, 5.74) is 1.35. The normalized spacial score (nSPS) is 13.2. The highest BCUT2D eigenvalue weighted by molar-refractivity contribution is 5.49. The summed E-state index contributed by atoms with van der Waals surface area (Å²) >= 11 is 0. The lowest BCUT2D eigenvalue weighted by atomic mass is 10.1. The van der Waals surface area contributed by atoms with Crippen LogP contribution in [0.1, 0.15) is 25.8 Å². The lowest BCUT2D eigenvalue weighted by Gasteiger charge is -2.14. The molecule has 1 unspecified atom stereocenters. The van der Waals surface area contributed by atoms with Crippen molar-refractivity contribution in [2.75, 3.05) is 17.3 Å². The molecule has 0 aliphatic rings. The first-order valence-corrected chi connectivity index (χ1v) is 5.66. The third-order valence-corrected chi connectivity index (χ3v) is 2.63. The monoisotopic (exact) mass is 262 g/mol. The van der Waals surface area contributed by atoms with Gasteiger partial charge in [0, 0.05) is 6.54 Å². The van der Waals surface area contributed by atoms with Gasteiger partial charge in [0.25, 0.3) is 0 Å². The Morgan fingerprint density at radius 3 is 2.44 bits per heavy atom. The topological polar surface area (TPSA) is 63.0 Å². The van der Waals surface area contributed by atoms with Crippen LogP contribution in [0, 0.1) is 5.92 Å². The molecule has 102 valence electrons. The second kappa shape index (κ2) is 5.90. The second-order valence-electron chi connectivity index (χ2n) is 4.16. The number of hydrogen-bond donors (Lipinski definition) is 3. The van der Waals surface area contributed by atoms with Crippen molar-refractivity contribution >= 4 is 11.6 Å². The minimum atomic E-state index is -4.42. The first kappa shape index (κ1) is 14.6. The molecule has 0 amide bonds. The van der Waals surface area contributed by atoms with Crippen LogP contribution in [0.25, 0.3) is 0 Å². The van der Waals surface area contributed by atoms with Gasteiger partial charge in [0.15, 0.2) is 0 Å². The Morgan fingerprint density at radius 1 is 1.33 bits per heavy atom. The fourth-order valence-corrected chi connectivity index (χ4v) is 1.28. The van der Waals surface area contributed by atoms with Crippen molar-refractivity contribution in [3.05, 3.63) is 17.7 Å². The standard InChI is InChI=1S/C11H17F3N4/c1-3-7(2)6-16-9-4-8(11(12,13)14)5-10(17-9)18-15/h4-5,7H,3,6,15H2,1-2H3,(H2,16,17,18). The molecule has 0 saturated carbocycles. The fourth-order valence-electron chi connectivity index (χ4n) is 1.28. The Labute approximate surface area is 104 Å². The molecule has 4 nitrogen and oxygen atoms in total. The van der Waals surface area contributed by atoms with Crippen molar-refractivity contribution in [2.24, 2.45) is 11.8 Å². The molecule has 1 heterocycles. The smallest absolute Gasteiger partial charge is 0.370 e. The van der Waals surface area contributed by atoms with Gasteiger partial charge < -0.3 is 10.7 Å². The second-order valence-corrected chi connectivity index (χ2v) is 4.16. The number of pyridine rings is 1. The molecular formula is C11H17F3N4. The van der Waals surface area contributed by atoms with Crippen molar-refractivity contribution in [1.82, 2.24) is 4.98 Å². The van der Waals surface area contributed by atoms with Gasteiger partial charge in [0.1, 0.15) is 11.6 Å². The van der Waals surface area contributed by atoms with Gasteiger partial charge in [-0.2, -0.15) is 13.2 Å². The summed E-state index contributed by atoms with van der Waals surface area (Å²) in [4.78, 5) is 3.92. The summed E-state index contributed by atoms with van der Waals surface area (Å²) in [5, 5.41) is 2.88. The van der Waals surface area contributed by atoms with E-state index in [0.29, 0.717) is 12.5 Å². The van der Waals surface area contributed by atoms with E-state index in [-0.39, 0.29) is 11.6 Å². The van der Waals surface area contributed by atoms with Gasteiger partial charge in [-0.3, -0.25) is 0 Å². The van der Waals surface area contributed by atoms with E-state index in [1.807, 2.05) is 13.8 Å². The van der Waals surface area contributed by atoms with Crippen LogP contribution in [-0.4, -0.2) is 11.5 Å². The van der Waals surface area contributed by atoms with Crippen molar-refractivity contribution in [3.8, 4) is 0 Å². The van der Waals surface area contributed by atoms with Crippen LogP contribution in [0.2, 0.25) is 0 Å². The number of nitrogens with zero attached hydrogens (tertiary/aromatic N) is 1. The minimum absolute atomic E-state index is 0.0172. The highest BCUT2D eigenvalue weighted by Gasteiger charge is 2.31. The molecule has 0 aliphatic heterocycles. The van der Waals surface area contributed by atoms with E-state index in [0.717, 1.165) is 18.6 Å². The van der Waals surface area contributed by atoms with Gasteiger partial charge in [-0.05, 0) is 18.1 Å². The molecule has 0 radical (unpaired) electrons. The summed E-state index contributed by atoms with van der Waals surface area (Å²) < 4.78 is 37.9. The molecule has 1 aromatic heterocycles. The van der Waals surface area contributed by atoms with E-state index in [1.165, 1.54) is 0 Å². The molecule has 4 N–H and O–H groups in total. The molecule has 0 spiro atoms. The zero-order valence-corrected chi connectivity index (χ0v) is 10.3. The predicted octanol–water partition coefficient (Wildman–Crippen LogP) is 2.84. The van der Waals surface area contributed by atoms with E-state index >= 15 is 0 Å². The quantitative estimate of drug-likeness (QED) is 0.564. The minimum Gasteiger partial charge on any atom is -0.370 e. The van der Waals surface area contributed by atoms with Gasteiger partial charge in [-0.1, -0.05) is 20.3 Å². The maximum absolute atomic E-state index is 12.6. The molecule has 7 heteroatoms. The van der Waals surface area contributed by atoms with Crippen molar-refractivity contribution < 1.29 is 13.2 Å². The summed E-state index contributed by atoms with van der Waals surface area (Å²) in [7, 11) is 0. The third-order valence-electron chi connectivity index (χ3n) is 2.63. The number of halogens is 3.